The summed E-state index contributed by atoms with van der Waals surface area (Å²) in [5.41, 5.74) is 5.46. The molecule has 2 nitrogen and oxygen atoms in total. The van der Waals surface area contributed by atoms with Gasteiger partial charge < -0.3 is 10.6 Å². The lowest BCUT2D eigenvalue weighted by Gasteiger charge is -2.25. The molecule has 0 bridgehead atoms. The third-order valence-corrected chi connectivity index (χ3v) is 2.64. The first-order chi connectivity index (χ1) is 6.72. The highest BCUT2D eigenvalue weighted by molar-refractivity contribution is 4.62. The Morgan fingerprint density at radius 1 is 1.00 bits per heavy atom. The molecular weight excluding hydrogens is 172 g/mol. The summed E-state index contributed by atoms with van der Waals surface area (Å²) >= 11 is 0. The maximum Gasteiger partial charge on any atom is 0.00385 e. The molecule has 14 heavy (non-hydrogen) atoms. The SMILES string of the molecule is CCCN(CCCCCCN)C(C)C. The van der Waals surface area contributed by atoms with Crippen molar-refractivity contribution >= 4 is 0 Å². The molecule has 0 unspecified atom stereocenters. The Bertz CT molecular complexity index is 113. The molecule has 0 atom stereocenters. The van der Waals surface area contributed by atoms with Gasteiger partial charge in [-0.25, -0.2) is 0 Å². The third kappa shape index (κ3) is 7.34. The van der Waals surface area contributed by atoms with Gasteiger partial charge in [0, 0.05) is 6.04 Å². The number of hydrogen-bond donors (Lipinski definition) is 1. The summed E-state index contributed by atoms with van der Waals surface area (Å²) in [6.07, 6.45) is 6.42. The Hall–Kier alpha value is -0.0800. The summed E-state index contributed by atoms with van der Waals surface area (Å²) in [7, 11) is 0. The lowest BCUT2D eigenvalue weighted by molar-refractivity contribution is 0.217. The molecule has 0 aliphatic rings. The van der Waals surface area contributed by atoms with E-state index in [2.05, 4.69) is 25.7 Å². The van der Waals surface area contributed by atoms with Crippen molar-refractivity contribution < 1.29 is 0 Å². The highest BCUT2D eigenvalue weighted by Gasteiger charge is 2.06. The van der Waals surface area contributed by atoms with Crippen LogP contribution in [0.4, 0.5) is 0 Å². The molecule has 0 heterocycles. The quantitative estimate of drug-likeness (QED) is 0.580. The van der Waals surface area contributed by atoms with E-state index in [0.29, 0.717) is 6.04 Å². The molecule has 0 aliphatic heterocycles. The van der Waals surface area contributed by atoms with Gasteiger partial charge in [-0.3, -0.25) is 0 Å². The van der Waals surface area contributed by atoms with Crippen molar-refractivity contribution in [2.45, 2.75) is 58.9 Å². The third-order valence-electron chi connectivity index (χ3n) is 2.64. The lowest BCUT2D eigenvalue weighted by atomic mass is 10.1. The molecule has 0 amide bonds. The van der Waals surface area contributed by atoms with Crippen LogP contribution in [0.3, 0.4) is 0 Å². The molecule has 0 radical (unpaired) electrons. The van der Waals surface area contributed by atoms with E-state index >= 15 is 0 Å². The van der Waals surface area contributed by atoms with E-state index in [1.165, 1.54) is 45.2 Å². The van der Waals surface area contributed by atoms with Gasteiger partial charge in [-0.1, -0.05) is 19.8 Å². The molecule has 0 saturated carbocycles. The van der Waals surface area contributed by atoms with E-state index in [1.807, 2.05) is 0 Å². The molecule has 2 heteroatoms. The normalized spacial score (nSPS) is 11.6. The van der Waals surface area contributed by atoms with E-state index in [-0.39, 0.29) is 0 Å². The molecule has 0 spiro atoms. The van der Waals surface area contributed by atoms with E-state index in [9.17, 15) is 0 Å². The molecule has 0 aliphatic carbocycles. The molecule has 0 aromatic heterocycles. The number of nitrogens with two attached hydrogens (primary N) is 1. The van der Waals surface area contributed by atoms with Crippen LogP contribution in [0.1, 0.15) is 52.9 Å². The van der Waals surface area contributed by atoms with Crippen molar-refractivity contribution in [1.29, 1.82) is 0 Å². The van der Waals surface area contributed by atoms with Crippen LogP contribution in [0.2, 0.25) is 0 Å². The number of nitrogens with zero attached hydrogens (tertiary/aromatic N) is 1. The fourth-order valence-corrected chi connectivity index (χ4v) is 1.73. The average Bonchev–Trinajstić information content (AvgIpc) is 2.15. The summed E-state index contributed by atoms with van der Waals surface area (Å²) in [6.45, 7) is 10.2. The van der Waals surface area contributed by atoms with E-state index in [1.54, 1.807) is 0 Å². The second-order valence-corrected chi connectivity index (χ2v) is 4.33. The van der Waals surface area contributed by atoms with Gasteiger partial charge in [0.2, 0.25) is 0 Å². The Balaban J connectivity index is 3.41. The van der Waals surface area contributed by atoms with E-state index in [4.69, 9.17) is 5.73 Å². The average molecular weight is 200 g/mol. The zero-order chi connectivity index (χ0) is 10.8. The lowest BCUT2D eigenvalue weighted by Crippen LogP contribution is -2.32. The number of hydrogen-bond acceptors (Lipinski definition) is 2. The topological polar surface area (TPSA) is 29.3 Å². The number of unbranched alkanes of at least 4 members (excludes halogenated alkanes) is 3. The highest BCUT2D eigenvalue weighted by atomic mass is 15.1. The summed E-state index contributed by atoms with van der Waals surface area (Å²) in [5.74, 6) is 0. The first kappa shape index (κ1) is 13.9. The van der Waals surface area contributed by atoms with Gasteiger partial charge >= 0.3 is 0 Å². The fourth-order valence-electron chi connectivity index (χ4n) is 1.73. The van der Waals surface area contributed by atoms with Gasteiger partial charge in [0.05, 0.1) is 0 Å². The minimum atomic E-state index is 0.699. The van der Waals surface area contributed by atoms with Gasteiger partial charge in [0.1, 0.15) is 0 Å². The fraction of sp³-hybridized carbons (Fsp3) is 1.00. The van der Waals surface area contributed by atoms with E-state index < -0.39 is 0 Å². The maximum absolute atomic E-state index is 5.46. The number of rotatable bonds is 9. The summed E-state index contributed by atoms with van der Waals surface area (Å²) in [5, 5.41) is 0. The largest absolute Gasteiger partial charge is 0.330 e. The smallest absolute Gasteiger partial charge is 0.00385 e. The van der Waals surface area contributed by atoms with Crippen LogP contribution in [0.5, 0.6) is 0 Å². The van der Waals surface area contributed by atoms with Gasteiger partial charge in [0.25, 0.3) is 0 Å². The van der Waals surface area contributed by atoms with Crippen molar-refractivity contribution in [3.8, 4) is 0 Å². The Kier molecular flexibility index (Phi) is 9.42. The van der Waals surface area contributed by atoms with Crippen LogP contribution in [0, 0.1) is 0 Å². The van der Waals surface area contributed by atoms with Crippen molar-refractivity contribution in [1.82, 2.24) is 4.90 Å². The van der Waals surface area contributed by atoms with Crippen molar-refractivity contribution in [2.24, 2.45) is 5.73 Å². The van der Waals surface area contributed by atoms with Crippen LogP contribution >= 0.6 is 0 Å². The molecule has 2 N–H and O–H groups in total. The molecule has 0 aromatic carbocycles. The van der Waals surface area contributed by atoms with Gasteiger partial charge in [-0.05, 0) is 52.7 Å². The second kappa shape index (κ2) is 9.47. The van der Waals surface area contributed by atoms with Gasteiger partial charge in [-0.15, -0.1) is 0 Å². The summed E-state index contributed by atoms with van der Waals surface area (Å²) in [6, 6.07) is 0.699. The van der Waals surface area contributed by atoms with Crippen molar-refractivity contribution in [2.75, 3.05) is 19.6 Å². The molecule has 0 saturated heterocycles. The minimum absolute atomic E-state index is 0.699. The Morgan fingerprint density at radius 2 is 1.64 bits per heavy atom. The van der Waals surface area contributed by atoms with Crippen molar-refractivity contribution in [3.05, 3.63) is 0 Å². The first-order valence-electron chi connectivity index (χ1n) is 6.16. The van der Waals surface area contributed by atoms with E-state index in [0.717, 1.165) is 6.54 Å². The maximum atomic E-state index is 5.46. The Morgan fingerprint density at radius 3 is 2.14 bits per heavy atom. The molecule has 0 rings (SSSR count). The zero-order valence-corrected chi connectivity index (χ0v) is 10.3. The van der Waals surface area contributed by atoms with Crippen LogP contribution in [-0.4, -0.2) is 30.6 Å². The second-order valence-electron chi connectivity index (χ2n) is 4.33. The molecule has 0 fully saturated rings. The minimum Gasteiger partial charge on any atom is -0.330 e. The standard InChI is InChI=1S/C12H28N2/c1-4-10-14(12(2)3)11-8-6-5-7-9-13/h12H,4-11,13H2,1-3H3. The zero-order valence-electron chi connectivity index (χ0n) is 10.3. The van der Waals surface area contributed by atoms with Gasteiger partial charge in [-0.2, -0.15) is 0 Å². The molecule has 86 valence electrons. The predicted molar refractivity (Wildman–Crippen MR) is 64.5 cm³/mol. The van der Waals surface area contributed by atoms with Crippen molar-refractivity contribution in [3.63, 3.8) is 0 Å². The predicted octanol–water partition coefficient (Wildman–Crippen LogP) is 2.63. The van der Waals surface area contributed by atoms with Gasteiger partial charge in [0.15, 0.2) is 0 Å². The summed E-state index contributed by atoms with van der Waals surface area (Å²) in [4.78, 5) is 2.57. The van der Waals surface area contributed by atoms with Crippen LogP contribution < -0.4 is 5.73 Å². The van der Waals surface area contributed by atoms with Crippen LogP contribution in [-0.2, 0) is 0 Å². The monoisotopic (exact) mass is 200 g/mol. The van der Waals surface area contributed by atoms with Crippen LogP contribution in [0.15, 0.2) is 0 Å². The van der Waals surface area contributed by atoms with Crippen LogP contribution in [0.25, 0.3) is 0 Å². The first-order valence-corrected chi connectivity index (χ1v) is 6.16. The molecular formula is C12H28N2. The highest BCUT2D eigenvalue weighted by Crippen LogP contribution is 2.05. The Labute approximate surface area is 89.9 Å². The molecule has 0 aromatic rings. The summed E-state index contributed by atoms with van der Waals surface area (Å²) < 4.78 is 0.